The Hall–Kier alpha value is -1.02. The molecule has 0 spiro atoms. The van der Waals surface area contributed by atoms with Crippen LogP contribution in [0.2, 0.25) is 5.02 Å². The summed E-state index contributed by atoms with van der Waals surface area (Å²) in [5.41, 5.74) is 1.81. The Balaban J connectivity index is 2.59. The molecule has 0 fully saturated rings. The lowest BCUT2D eigenvalue weighted by molar-refractivity contribution is -0.131. The molecule has 0 saturated heterocycles. The third-order valence-corrected chi connectivity index (χ3v) is 2.09. The van der Waals surface area contributed by atoms with Gasteiger partial charge < -0.3 is 4.74 Å². The van der Waals surface area contributed by atoms with Crippen molar-refractivity contribution in [1.29, 1.82) is 0 Å². The van der Waals surface area contributed by atoms with Gasteiger partial charge in [-0.1, -0.05) is 11.6 Å². The van der Waals surface area contributed by atoms with Crippen LogP contribution in [0.4, 0.5) is 0 Å². The van der Waals surface area contributed by atoms with E-state index in [0.29, 0.717) is 17.2 Å². The topological polar surface area (TPSA) is 26.3 Å². The van der Waals surface area contributed by atoms with Gasteiger partial charge in [-0.2, -0.15) is 0 Å². The highest BCUT2D eigenvalue weighted by Gasteiger charge is 2.22. The lowest BCUT2D eigenvalue weighted by Crippen LogP contribution is -2.00. The number of hydrogen-bond acceptors (Lipinski definition) is 2. The monoisotopic (exact) mass is 182 g/mol. The predicted octanol–water partition coefficient (Wildman–Crippen LogP) is 2.11. The molecule has 0 amide bonds. The standard InChI is InChI=1S/C9H7ClO2/c1-5-2-7(10)3-6-4-8(11)12-9(5)6/h2-3H,4H2,1H3. The van der Waals surface area contributed by atoms with E-state index in [2.05, 4.69) is 0 Å². The molecule has 12 heavy (non-hydrogen) atoms. The van der Waals surface area contributed by atoms with Crippen LogP contribution in [0, 0.1) is 6.92 Å². The average Bonchev–Trinajstić information content (AvgIpc) is 2.29. The van der Waals surface area contributed by atoms with Gasteiger partial charge in [-0.15, -0.1) is 0 Å². The number of ether oxygens (including phenoxy) is 1. The van der Waals surface area contributed by atoms with Crippen molar-refractivity contribution in [3.63, 3.8) is 0 Å². The summed E-state index contributed by atoms with van der Waals surface area (Å²) in [5.74, 6) is 0.486. The molecule has 1 heterocycles. The minimum absolute atomic E-state index is 0.199. The molecule has 1 aliphatic rings. The second-order valence-electron chi connectivity index (χ2n) is 2.86. The smallest absolute Gasteiger partial charge is 0.315 e. The van der Waals surface area contributed by atoms with Crippen LogP contribution in [-0.4, -0.2) is 5.97 Å². The summed E-state index contributed by atoms with van der Waals surface area (Å²) >= 11 is 5.81. The van der Waals surface area contributed by atoms with Crippen LogP contribution < -0.4 is 4.74 Å². The molecule has 1 aliphatic heterocycles. The number of carbonyl (C=O) groups is 1. The maximum absolute atomic E-state index is 10.9. The van der Waals surface area contributed by atoms with Crippen LogP contribution >= 0.6 is 11.6 Å². The summed E-state index contributed by atoms with van der Waals surface area (Å²) in [6, 6.07) is 3.56. The molecule has 0 unspecified atom stereocenters. The fourth-order valence-corrected chi connectivity index (χ4v) is 1.68. The number of halogens is 1. The van der Waals surface area contributed by atoms with Gasteiger partial charge in [-0.25, -0.2) is 0 Å². The molecule has 1 aromatic carbocycles. The summed E-state index contributed by atoms with van der Waals surface area (Å²) in [6.07, 6.45) is 0.344. The van der Waals surface area contributed by atoms with Crippen LogP contribution in [0.1, 0.15) is 11.1 Å². The zero-order valence-electron chi connectivity index (χ0n) is 6.56. The molecule has 0 N–H and O–H groups in total. The molecule has 0 radical (unpaired) electrons. The maximum atomic E-state index is 10.9. The van der Waals surface area contributed by atoms with E-state index < -0.39 is 0 Å². The highest BCUT2D eigenvalue weighted by molar-refractivity contribution is 6.30. The number of carbonyl (C=O) groups excluding carboxylic acids is 1. The third kappa shape index (κ3) is 1.08. The number of rotatable bonds is 0. The van der Waals surface area contributed by atoms with Gasteiger partial charge in [0.05, 0.1) is 6.42 Å². The van der Waals surface area contributed by atoms with E-state index >= 15 is 0 Å². The Kier molecular flexibility index (Phi) is 1.58. The van der Waals surface area contributed by atoms with Crippen LogP contribution in [0.3, 0.4) is 0 Å². The Morgan fingerprint density at radius 2 is 2.25 bits per heavy atom. The van der Waals surface area contributed by atoms with Crippen LogP contribution in [-0.2, 0) is 11.2 Å². The molecule has 0 saturated carbocycles. The lowest BCUT2D eigenvalue weighted by atomic mass is 10.1. The van der Waals surface area contributed by atoms with Crippen molar-refractivity contribution < 1.29 is 9.53 Å². The average molecular weight is 183 g/mol. The predicted molar refractivity (Wildman–Crippen MR) is 45.5 cm³/mol. The van der Waals surface area contributed by atoms with Gasteiger partial charge in [-0.05, 0) is 24.6 Å². The Morgan fingerprint density at radius 3 is 3.00 bits per heavy atom. The second kappa shape index (κ2) is 2.49. The number of hydrogen-bond donors (Lipinski definition) is 0. The molecular weight excluding hydrogens is 176 g/mol. The van der Waals surface area contributed by atoms with E-state index in [-0.39, 0.29) is 5.97 Å². The quantitative estimate of drug-likeness (QED) is 0.454. The SMILES string of the molecule is Cc1cc(Cl)cc2c1OC(=O)C2. The van der Waals surface area contributed by atoms with Gasteiger partial charge >= 0.3 is 5.97 Å². The first-order chi connectivity index (χ1) is 5.66. The normalized spacial score (nSPS) is 14.3. The summed E-state index contributed by atoms with van der Waals surface area (Å²) in [7, 11) is 0. The minimum Gasteiger partial charge on any atom is -0.426 e. The number of benzene rings is 1. The summed E-state index contributed by atoms with van der Waals surface area (Å²) < 4.78 is 5.00. The Morgan fingerprint density at radius 1 is 1.50 bits per heavy atom. The van der Waals surface area contributed by atoms with E-state index in [1.54, 1.807) is 12.1 Å². The number of esters is 1. The van der Waals surface area contributed by atoms with Crippen molar-refractivity contribution in [3.05, 3.63) is 28.3 Å². The van der Waals surface area contributed by atoms with Gasteiger partial charge in [0.15, 0.2) is 0 Å². The highest BCUT2D eigenvalue weighted by Crippen LogP contribution is 2.32. The van der Waals surface area contributed by atoms with Gasteiger partial charge in [-0.3, -0.25) is 4.79 Å². The first kappa shape index (κ1) is 7.62. The molecule has 62 valence electrons. The summed E-state index contributed by atoms with van der Waals surface area (Å²) in [4.78, 5) is 10.9. The fraction of sp³-hybridized carbons (Fsp3) is 0.222. The summed E-state index contributed by atoms with van der Waals surface area (Å²) in [5, 5.41) is 0.657. The number of aryl methyl sites for hydroxylation is 1. The molecule has 0 atom stereocenters. The van der Waals surface area contributed by atoms with Gasteiger partial charge in [0.1, 0.15) is 5.75 Å². The molecular formula is C9H7ClO2. The van der Waals surface area contributed by atoms with Gasteiger partial charge in [0.2, 0.25) is 0 Å². The van der Waals surface area contributed by atoms with E-state index in [1.807, 2.05) is 6.92 Å². The van der Waals surface area contributed by atoms with Crippen LogP contribution in [0.15, 0.2) is 12.1 Å². The molecule has 0 aliphatic carbocycles. The van der Waals surface area contributed by atoms with Crippen LogP contribution in [0.25, 0.3) is 0 Å². The minimum atomic E-state index is -0.199. The Labute approximate surface area is 75.1 Å². The third-order valence-electron chi connectivity index (χ3n) is 1.87. The molecule has 2 nitrogen and oxygen atoms in total. The van der Waals surface area contributed by atoms with Gasteiger partial charge in [0, 0.05) is 10.6 Å². The zero-order chi connectivity index (χ0) is 8.72. The van der Waals surface area contributed by atoms with Crippen molar-refractivity contribution in [1.82, 2.24) is 0 Å². The second-order valence-corrected chi connectivity index (χ2v) is 3.30. The highest BCUT2D eigenvalue weighted by atomic mass is 35.5. The fourth-order valence-electron chi connectivity index (χ4n) is 1.38. The first-order valence-electron chi connectivity index (χ1n) is 3.66. The number of fused-ring (bicyclic) bond motifs is 1. The van der Waals surface area contributed by atoms with E-state index in [4.69, 9.17) is 16.3 Å². The van der Waals surface area contributed by atoms with Crippen molar-refractivity contribution in [2.45, 2.75) is 13.3 Å². The largest absolute Gasteiger partial charge is 0.426 e. The molecule has 0 bridgehead atoms. The van der Waals surface area contributed by atoms with Crippen LogP contribution in [0.5, 0.6) is 5.75 Å². The first-order valence-corrected chi connectivity index (χ1v) is 4.04. The van der Waals surface area contributed by atoms with Crippen molar-refractivity contribution in [2.75, 3.05) is 0 Å². The van der Waals surface area contributed by atoms with E-state index in [0.717, 1.165) is 11.1 Å². The van der Waals surface area contributed by atoms with E-state index in [9.17, 15) is 4.79 Å². The van der Waals surface area contributed by atoms with Crippen molar-refractivity contribution >= 4 is 17.6 Å². The molecule has 3 heteroatoms. The van der Waals surface area contributed by atoms with Crippen molar-refractivity contribution in [2.24, 2.45) is 0 Å². The summed E-state index contributed by atoms with van der Waals surface area (Å²) in [6.45, 7) is 1.88. The Bertz CT molecular complexity index is 358. The molecule has 0 aromatic heterocycles. The maximum Gasteiger partial charge on any atom is 0.315 e. The van der Waals surface area contributed by atoms with E-state index in [1.165, 1.54) is 0 Å². The lowest BCUT2D eigenvalue weighted by Gasteiger charge is -2.01. The van der Waals surface area contributed by atoms with Gasteiger partial charge in [0.25, 0.3) is 0 Å². The molecule has 1 aromatic rings. The zero-order valence-corrected chi connectivity index (χ0v) is 7.31. The van der Waals surface area contributed by atoms with Crippen molar-refractivity contribution in [3.8, 4) is 5.75 Å². The molecule has 2 rings (SSSR count).